The van der Waals surface area contributed by atoms with Gasteiger partial charge in [0.2, 0.25) is 0 Å². The van der Waals surface area contributed by atoms with Crippen molar-refractivity contribution in [2.75, 3.05) is 12.4 Å². The maximum Gasteiger partial charge on any atom is 0.306 e. The Morgan fingerprint density at radius 2 is 2.54 bits per heavy atom. The summed E-state index contributed by atoms with van der Waals surface area (Å²) >= 11 is 4.00. The van der Waals surface area contributed by atoms with E-state index in [0.717, 1.165) is 12.1 Å². The number of esters is 1. The second-order valence-electron chi connectivity index (χ2n) is 2.62. The minimum atomic E-state index is -0.183. The summed E-state index contributed by atoms with van der Waals surface area (Å²) in [5, 5.41) is 1.82. The highest BCUT2D eigenvalue weighted by Crippen LogP contribution is 1.99. The molecule has 1 heterocycles. The lowest BCUT2D eigenvalue weighted by Gasteiger charge is -2.01. The molecule has 0 radical (unpaired) electrons. The Labute approximate surface area is 82.5 Å². The number of nitrogens with zero attached hydrogens (tertiary/aromatic N) is 1. The Balaban J connectivity index is 2.11. The van der Waals surface area contributed by atoms with E-state index in [-0.39, 0.29) is 12.6 Å². The van der Waals surface area contributed by atoms with Gasteiger partial charge in [0.25, 0.3) is 0 Å². The summed E-state index contributed by atoms with van der Waals surface area (Å²) in [5.74, 6) is 0.529. The molecule has 1 rings (SSSR count). The van der Waals surface area contributed by atoms with Gasteiger partial charge in [-0.05, 0) is 12.2 Å². The van der Waals surface area contributed by atoms with E-state index in [2.05, 4.69) is 17.6 Å². The molecule has 0 aliphatic carbocycles. The molecule has 4 nitrogen and oxygen atoms in total. The largest absolute Gasteiger partial charge is 0.459 e. The van der Waals surface area contributed by atoms with E-state index in [1.165, 1.54) is 0 Å². The van der Waals surface area contributed by atoms with E-state index in [9.17, 15) is 4.79 Å². The van der Waals surface area contributed by atoms with Crippen molar-refractivity contribution in [2.45, 2.75) is 12.8 Å². The van der Waals surface area contributed by atoms with Gasteiger partial charge >= 0.3 is 5.97 Å². The highest BCUT2D eigenvalue weighted by Gasteiger charge is 2.06. The maximum atomic E-state index is 11.0. The fourth-order valence-corrected chi connectivity index (χ4v) is 1.03. The summed E-state index contributed by atoms with van der Waals surface area (Å²) in [6.07, 6.45) is 4.70. The Kier molecular flexibility index (Phi) is 4.56. The number of thiol groups is 1. The molecule has 72 valence electrons. The molecule has 0 aromatic carbocycles. The minimum Gasteiger partial charge on any atom is -0.459 e. The fourth-order valence-electron chi connectivity index (χ4n) is 0.871. The quantitative estimate of drug-likeness (QED) is 0.473. The van der Waals surface area contributed by atoms with Crippen LogP contribution in [0.2, 0.25) is 0 Å². The number of quaternary nitrogens is 1. The molecule has 0 saturated carbocycles. The maximum absolute atomic E-state index is 11.0. The van der Waals surface area contributed by atoms with E-state index in [0.29, 0.717) is 12.2 Å². The molecule has 5 heteroatoms. The zero-order valence-corrected chi connectivity index (χ0v) is 8.17. The first-order valence-corrected chi connectivity index (χ1v) is 4.79. The van der Waals surface area contributed by atoms with Gasteiger partial charge in [0.05, 0.1) is 0 Å². The Morgan fingerprint density at radius 1 is 1.69 bits per heavy atom. The summed E-state index contributed by atoms with van der Waals surface area (Å²) in [7, 11) is 0. The summed E-state index contributed by atoms with van der Waals surface area (Å²) < 4.78 is 4.95. The molecule has 0 unspecified atom stereocenters. The molecule has 0 aromatic rings. The van der Waals surface area contributed by atoms with Gasteiger partial charge in [-0.2, -0.15) is 17.6 Å². The van der Waals surface area contributed by atoms with Crippen LogP contribution < -0.4 is 5.32 Å². The average molecular weight is 201 g/mol. The predicted octanol–water partition coefficient (Wildman–Crippen LogP) is -0.314. The summed E-state index contributed by atoms with van der Waals surface area (Å²) in [5.41, 5.74) is 0.791. The number of rotatable bonds is 5. The molecule has 13 heavy (non-hydrogen) atoms. The molecular weight excluding hydrogens is 188 g/mol. The Morgan fingerprint density at radius 3 is 3.15 bits per heavy atom. The van der Waals surface area contributed by atoms with Crippen LogP contribution in [0, 0.1) is 0 Å². The van der Waals surface area contributed by atoms with E-state index in [4.69, 9.17) is 4.74 Å². The molecule has 0 aromatic heterocycles. The van der Waals surface area contributed by atoms with Crippen molar-refractivity contribution >= 4 is 24.9 Å². The van der Waals surface area contributed by atoms with Crippen molar-refractivity contribution in [1.82, 2.24) is 0 Å². The van der Waals surface area contributed by atoms with Gasteiger partial charge in [0.1, 0.15) is 18.5 Å². The standard InChI is InChI=1S/C8H12N2O2S/c11-8(2-1-3-13)12-5-7-4-9-6-10-7/h4,6,13H,1-3,5H2,(H,9,10)/p+1. The van der Waals surface area contributed by atoms with Crippen molar-refractivity contribution < 1.29 is 14.8 Å². The Bertz CT molecular complexity index is 238. The number of carbonyl (C=O) groups is 1. The van der Waals surface area contributed by atoms with E-state index in [1.807, 2.05) is 11.5 Å². The van der Waals surface area contributed by atoms with Gasteiger partial charge in [-0.3, -0.25) is 10.1 Å². The molecule has 0 atom stereocenters. The monoisotopic (exact) mass is 201 g/mol. The average Bonchev–Trinajstić information content (AvgIpc) is 2.64. The Hall–Kier alpha value is -0.810. The van der Waals surface area contributed by atoms with Gasteiger partial charge in [-0.25, -0.2) is 0 Å². The van der Waals surface area contributed by atoms with Crippen LogP contribution >= 0.6 is 12.6 Å². The molecule has 0 saturated heterocycles. The smallest absolute Gasteiger partial charge is 0.306 e. The van der Waals surface area contributed by atoms with Gasteiger partial charge in [-0.1, -0.05) is 0 Å². The van der Waals surface area contributed by atoms with Crippen LogP contribution in [0.4, 0.5) is 0 Å². The molecule has 0 bridgehead atoms. The lowest BCUT2D eigenvalue weighted by molar-refractivity contribution is -0.447. The SMILES string of the molecule is O=C(CCCS)OCC1=C[NH2+]C=N1. The molecule has 0 fully saturated rings. The van der Waals surface area contributed by atoms with Gasteiger partial charge < -0.3 is 4.74 Å². The number of aliphatic imine (C=N–C) groups is 1. The van der Waals surface area contributed by atoms with Crippen molar-refractivity contribution in [3.05, 3.63) is 11.9 Å². The zero-order chi connectivity index (χ0) is 9.52. The number of hydrogen-bond donors (Lipinski definition) is 2. The van der Waals surface area contributed by atoms with Gasteiger partial charge in [0, 0.05) is 6.42 Å². The lowest BCUT2D eigenvalue weighted by Crippen LogP contribution is -2.74. The lowest BCUT2D eigenvalue weighted by atomic mass is 10.3. The first kappa shape index (κ1) is 10.3. The van der Waals surface area contributed by atoms with Crippen LogP contribution in [0.3, 0.4) is 0 Å². The van der Waals surface area contributed by atoms with Gasteiger partial charge in [0.15, 0.2) is 6.34 Å². The predicted molar refractivity (Wildman–Crippen MR) is 52.5 cm³/mol. The zero-order valence-electron chi connectivity index (χ0n) is 7.27. The minimum absolute atomic E-state index is 0.183. The first-order valence-electron chi connectivity index (χ1n) is 4.16. The summed E-state index contributed by atoms with van der Waals surface area (Å²) in [6.45, 7) is 0.276. The normalized spacial score (nSPS) is 14.4. The summed E-state index contributed by atoms with van der Waals surface area (Å²) in [4.78, 5) is 15.0. The van der Waals surface area contributed by atoms with E-state index in [1.54, 1.807) is 6.34 Å². The number of carbonyl (C=O) groups excluding carboxylic acids is 1. The molecule has 2 N–H and O–H groups in total. The van der Waals surface area contributed by atoms with Crippen LogP contribution in [-0.2, 0) is 9.53 Å². The highest BCUT2D eigenvalue weighted by atomic mass is 32.1. The second-order valence-corrected chi connectivity index (χ2v) is 3.06. The van der Waals surface area contributed by atoms with E-state index >= 15 is 0 Å². The first-order chi connectivity index (χ1) is 6.33. The molecule has 0 amide bonds. The van der Waals surface area contributed by atoms with Gasteiger partial charge in [-0.15, -0.1) is 0 Å². The van der Waals surface area contributed by atoms with E-state index < -0.39 is 0 Å². The van der Waals surface area contributed by atoms with Crippen LogP contribution in [0.15, 0.2) is 16.9 Å². The van der Waals surface area contributed by atoms with Crippen LogP contribution in [0.1, 0.15) is 12.8 Å². The van der Waals surface area contributed by atoms with Crippen LogP contribution in [0.25, 0.3) is 0 Å². The number of hydrogen-bond acceptors (Lipinski definition) is 4. The highest BCUT2D eigenvalue weighted by molar-refractivity contribution is 7.80. The molecule has 1 aliphatic rings. The third-order valence-corrected chi connectivity index (χ3v) is 1.85. The third kappa shape index (κ3) is 4.10. The number of ether oxygens (including phenoxy) is 1. The van der Waals surface area contributed by atoms with Crippen molar-refractivity contribution in [2.24, 2.45) is 4.99 Å². The number of nitrogens with two attached hydrogens (primary N) is 1. The van der Waals surface area contributed by atoms with Crippen LogP contribution in [0.5, 0.6) is 0 Å². The fraction of sp³-hybridized carbons (Fsp3) is 0.500. The topological polar surface area (TPSA) is 55.3 Å². The molecule has 0 spiro atoms. The van der Waals surface area contributed by atoms with Crippen molar-refractivity contribution in [1.29, 1.82) is 0 Å². The molecule has 1 aliphatic heterocycles. The second kappa shape index (κ2) is 5.77. The molecular formula is C8H13N2O2S+. The van der Waals surface area contributed by atoms with Crippen LogP contribution in [-0.4, -0.2) is 24.7 Å². The third-order valence-electron chi connectivity index (χ3n) is 1.54. The van der Waals surface area contributed by atoms with Crippen molar-refractivity contribution in [3.63, 3.8) is 0 Å². The summed E-state index contributed by atoms with van der Waals surface area (Å²) in [6, 6.07) is 0. The van der Waals surface area contributed by atoms with Crippen molar-refractivity contribution in [3.8, 4) is 0 Å².